The summed E-state index contributed by atoms with van der Waals surface area (Å²) in [6, 6.07) is 1.98. The van der Waals surface area contributed by atoms with E-state index in [0.717, 1.165) is 16.0 Å². The molecule has 0 saturated carbocycles. The molecule has 3 N–H and O–H groups in total. The van der Waals surface area contributed by atoms with E-state index in [4.69, 9.17) is 0 Å². The zero-order valence-corrected chi connectivity index (χ0v) is 12.9. The van der Waals surface area contributed by atoms with E-state index in [1.54, 1.807) is 25.4 Å². The van der Waals surface area contributed by atoms with Gasteiger partial charge in [-0.15, -0.1) is 11.3 Å². The summed E-state index contributed by atoms with van der Waals surface area (Å²) < 4.78 is 0. The van der Waals surface area contributed by atoms with Gasteiger partial charge in [-0.05, 0) is 25.3 Å². The Morgan fingerprint density at radius 1 is 1.35 bits per heavy atom. The number of aromatic nitrogens is 2. The minimum absolute atomic E-state index is 0.00513. The summed E-state index contributed by atoms with van der Waals surface area (Å²) in [4.78, 5) is 21.5. The predicted molar refractivity (Wildman–Crippen MR) is 83.3 cm³/mol. The molecule has 0 aromatic carbocycles. The number of carbonyl (C=O) groups excluding carboxylic acids is 1. The van der Waals surface area contributed by atoms with Crippen molar-refractivity contribution >= 4 is 39.2 Å². The van der Waals surface area contributed by atoms with Crippen LogP contribution in [0.5, 0.6) is 0 Å². The molecule has 0 fully saturated rings. The van der Waals surface area contributed by atoms with Crippen LogP contribution < -0.4 is 16.0 Å². The fourth-order valence-electron chi connectivity index (χ4n) is 1.83. The van der Waals surface area contributed by atoms with Crippen molar-refractivity contribution in [2.45, 2.75) is 13.8 Å². The zero-order chi connectivity index (χ0) is 14.8. The summed E-state index contributed by atoms with van der Waals surface area (Å²) in [5.41, 5.74) is -0.512. The summed E-state index contributed by atoms with van der Waals surface area (Å²) in [6.07, 6.45) is 0. The van der Waals surface area contributed by atoms with E-state index in [2.05, 4.69) is 25.9 Å². The van der Waals surface area contributed by atoms with Gasteiger partial charge in [0.2, 0.25) is 11.9 Å². The van der Waals surface area contributed by atoms with Gasteiger partial charge < -0.3 is 16.0 Å². The number of hydrogen-bond acceptors (Lipinski definition) is 6. The van der Waals surface area contributed by atoms with E-state index in [9.17, 15) is 4.79 Å². The van der Waals surface area contributed by atoms with Crippen molar-refractivity contribution in [3.8, 4) is 0 Å². The summed E-state index contributed by atoms with van der Waals surface area (Å²) in [5, 5.41) is 11.8. The van der Waals surface area contributed by atoms with Crippen molar-refractivity contribution in [1.29, 1.82) is 0 Å². The molecule has 1 amide bonds. The first-order chi connectivity index (χ1) is 9.47. The Kier molecular flexibility index (Phi) is 4.08. The van der Waals surface area contributed by atoms with Crippen LogP contribution >= 0.6 is 11.3 Å². The topological polar surface area (TPSA) is 78.9 Å². The molecule has 0 saturated heterocycles. The van der Waals surface area contributed by atoms with Gasteiger partial charge in [-0.3, -0.25) is 4.79 Å². The highest BCUT2D eigenvalue weighted by molar-refractivity contribution is 7.16. The van der Waals surface area contributed by atoms with E-state index in [1.807, 2.05) is 25.3 Å². The average molecular weight is 293 g/mol. The van der Waals surface area contributed by atoms with Gasteiger partial charge in [0.25, 0.3) is 0 Å². The third kappa shape index (κ3) is 2.82. The standard InChI is InChI=1S/C13H19N5OS/c1-13(2,11(19)14-3)7-16-9-8-5-6-20-10(8)18-12(15-4)17-9/h5-6H,7H2,1-4H3,(H,14,19)(H2,15,16,17,18). The normalized spacial score (nSPS) is 11.4. The first-order valence-corrected chi connectivity index (χ1v) is 7.25. The Bertz CT molecular complexity index is 622. The SMILES string of the molecule is CNC(=O)C(C)(C)CNc1nc(NC)nc2sccc12. The van der Waals surface area contributed by atoms with Crippen molar-refractivity contribution in [2.75, 3.05) is 31.3 Å². The van der Waals surface area contributed by atoms with Gasteiger partial charge in [0, 0.05) is 20.6 Å². The van der Waals surface area contributed by atoms with E-state index in [-0.39, 0.29) is 5.91 Å². The van der Waals surface area contributed by atoms with Crippen molar-refractivity contribution in [3.63, 3.8) is 0 Å². The fraction of sp³-hybridized carbons (Fsp3) is 0.462. The lowest BCUT2D eigenvalue weighted by Gasteiger charge is -2.23. The van der Waals surface area contributed by atoms with Crippen LogP contribution in [0.1, 0.15) is 13.8 Å². The van der Waals surface area contributed by atoms with E-state index in [1.165, 1.54) is 0 Å². The number of nitrogens with zero attached hydrogens (tertiary/aromatic N) is 2. The second kappa shape index (κ2) is 5.62. The third-order valence-corrected chi connectivity index (χ3v) is 3.89. The average Bonchev–Trinajstić information content (AvgIpc) is 2.91. The highest BCUT2D eigenvalue weighted by Gasteiger charge is 2.26. The van der Waals surface area contributed by atoms with Crippen molar-refractivity contribution in [3.05, 3.63) is 11.4 Å². The summed E-state index contributed by atoms with van der Waals surface area (Å²) in [6.45, 7) is 4.28. The number of anilines is 2. The van der Waals surface area contributed by atoms with Gasteiger partial charge in [0.15, 0.2) is 0 Å². The molecule has 0 spiro atoms. The number of fused-ring (bicyclic) bond motifs is 1. The Hall–Kier alpha value is -1.89. The Morgan fingerprint density at radius 3 is 2.75 bits per heavy atom. The number of thiophene rings is 1. The monoisotopic (exact) mass is 293 g/mol. The molecule has 20 heavy (non-hydrogen) atoms. The first-order valence-electron chi connectivity index (χ1n) is 6.37. The van der Waals surface area contributed by atoms with Crippen LogP contribution in [-0.4, -0.2) is 36.5 Å². The predicted octanol–water partition coefficient (Wildman–Crippen LogP) is 1.92. The lowest BCUT2D eigenvalue weighted by molar-refractivity contribution is -0.128. The zero-order valence-electron chi connectivity index (χ0n) is 12.1. The molecule has 0 aliphatic rings. The molecule has 0 unspecified atom stereocenters. The summed E-state index contributed by atoms with van der Waals surface area (Å²) in [5.74, 6) is 1.31. The van der Waals surface area contributed by atoms with Crippen LogP contribution in [0.15, 0.2) is 11.4 Å². The quantitative estimate of drug-likeness (QED) is 0.785. The highest BCUT2D eigenvalue weighted by atomic mass is 32.1. The maximum absolute atomic E-state index is 11.8. The van der Waals surface area contributed by atoms with Crippen LogP contribution in [-0.2, 0) is 4.79 Å². The van der Waals surface area contributed by atoms with Gasteiger partial charge in [-0.1, -0.05) is 0 Å². The van der Waals surface area contributed by atoms with Gasteiger partial charge in [0.05, 0.1) is 10.8 Å². The molecule has 2 aromatic rings. The maximum atomic E-state index is 11.8. The Labute approximate surface area is 122 Å². The second-order valence-electron chi connectivity index (χ2n) is 5.10. The second-order valence-corrected chi connectivity index (χ2v) is 6.00. The molecule has 2 aromatic heterocycles. The molecule has 0 aliphatic heterocycles. The summed E-state index contributed by atoms with van der Waals surface area (Å²) >= 11 is 1.56. The van der Waals surface area contributed by atoms with Gasteiger partial charge in [0.1, 0.15) is 10.6 Å². The maximum Gasteiger partial charge on any atom is 0.227 e. The van der Waals surface area contributed by atoms with Crippen LogP contribution in [0, 0.1) is 5.41 Å². The molecule has 0 aliphatic carbocycles. The van der Waals surface area contributed by atoms with E-state index in [0.29, 0.717) is 12.5 Å². The molecule has 2 heterocycles. The van der Waals surface area contributed by atoms with Crippen molar-refractivity contribution in [2.24, 2.45) is 5.41 Å². The third-order valence-electron chi connectivity index (χ3n) is 3.09. The van der Waals surface area contributed by atoms with Gasteiger partial charge >= 0.3 is 0 Å². The molecular weight excluding hydrogens is 274 g/mol. The lowest BCUT2D eigenvalue weighted by Crippen LogP contribution is -2.39. The number of nitrogens with one attached hydrogen (secondary N) is 3. The van der Waals surface area contributed by atoms with Gasteiger partial charge in [-0.2, -0.15) is 4.98 Å². The largest absolute Gasteiger partial charge is 0.368 e. The molecule has 0 atom stereocenters. The first kappa shape index (κ1) is 14.5. The Morgan fingerprint density at radius 2 is 2.10 bits per heavy atom. The number of carbonyl (C=O) groups is 1. The molecule has 0 bridgehead atoms. The van der Waals surface area contributed by atoms with E-state index >= 15 is 0 Å². The van der Waals surface area contributed by atoms with Gasteiger partial charge in [-0.25, -0.2) is 4.98 Å². The van der Waals surface area contributed by atoms with Crippen molar-refractivity contribution in [1.82, 2.24) is 15.3 Å². The number of hydrogen-bond donors (Lipinski definition) is 3. The van der Waals surface area contributed by atoms with Crippen LogP contribution in [0.4, 0.5) is 11.8 Å². The highest BCUT2D eigenvalue weighted by Crippen LogP contribution is 2.27. The number of rotatable bonds is 5. The van der Waals surface area contributed by atoms with Crippen molar-refractivity contribution < 1.29 is 4.79 Å². The van der Waals surface area contributed by atoms with Crippen LogP contribution in [0.25, 0.3) is 10.2 Å². The number of amides is 1. The van der Waals surface area contributed by atoms with Crippen LogP contribution in [0.3, 0.4) is 0 Å². The minimum atomic E-state index is -0.512. The molecule has 7 heteroatoms. The molecule has 108 valence electrons. The van der Waals surface area contributed by atoms with Crippen LogP contribution in [0.2, 0.25) is 0 Å². The lowest BCUT2D eigenvalue weighted by atomic mass is 9.92. The molecular formula is C13H19N5OS. The van der Waals surface area contributed by atoms with E-state index < -0.39 is 5.41 Å². The Balaban J connectivity index is 2.25. The minimum Gasteiger partial charge on any atom is -0.368 e. The fourth-order valence-corrected chi connectivity index (χ4v) is 2.59. The summed E-state index contributed by atoms with van der Waals surface area (Å²) in [7, 11) is 3.43. The molecule has 0 radical (unpaired) electrons. The molecule has 6 nitrogen and oxygen atoms in total. The smallest absolute Gasteiger partial charge is 0.227 e. The molecule has 2 rings (SSSR count).